The Hall–Kier alpha value is -0.100. The first kappa shape index (κ1) is 13.9. The van der Waals surface area contributed by atoms with Crippen molar-refractivity contribution in [1.82, 2.24) is 0 Å². The van der Waals surface area contributed by atoms with Gasteiger partial charge in [0.15, 0.2) is 0 Å². The molecule has 0 N–H and O–H groups in total. The molecule has 0 amide bonds. The molecule has 2 nitrogen and oxygen atoms in total. The van der Waals surface area contributed by atoms with E-state index < -0.39 is 7.49 Å². The van der Waals surface area contributed by atoms with Crippen molar-refractivity contribution in [3.05, 3.63) is 0 Å². The summed E-state index contributed by atoms with van der Waals surface area (Å²) in [7, 11) is -1.94. The van der Waals surface area contributed by atoms with Crippen molar-refractivity contribution in [1.29, 1.82) is 0 Å². The van der Waals surface area contributed by atoms with Crippen molar-refractivity contribution < 1.29 is 9.32 Å². The molecule has 0 aromatic heterocycles. The van der Waals surface area contributed by atoms with Crippen LogP contribution in [0.4, 0.5) is 0 Å². The average molecular weight is 220 g/mol. The molecule has 0 unspecified atom stereocenters. The van der Waals surface area contributed by atoms with Gasteiger partial charge in [0.05, 0.1) is 0 Å². The summed E-state index contributed by atoms with van der Waals surface area (Å²) >= 11 is 0. The van der Waals surface area contributed by atoms with Gasteiger partial charge in [0, 0.05) is 0 Å². The Kier molecular flexibility index (Phi) is 5.08. The number of rotatable bonds is 4. The molecule has 0 bridgehead atoms. The van der Waals surface area contributed by atoms with Crippen LogP contribution in [-0.4, -0.2) is 22.9 Å². The first-order valence-corrected chi connectivity index (χ1v) is 7.58. The van der Waals surface area contributed by atoms with Crippen molar-refractivity contribution in [3.63, 3.8) is 0 Å². The molecule has 0 fully saturated rings. The quantitative estimate of drug-likeness (QED) is 0.678. The van der Waals surface area contributed by atoms with Crippen LogP contribution in [0.25, 0.3) is 0 Å². The molecule has 0 heterocycles. The minimum absolute atomic E-state index is 0.118. The van der Waals surface area contributed by atoms with Gasteiger partial charge in [0.2, 0.25) is 0 Å². The summed E-state index contributed by atoms with van der Waals surface area (Å²) in [5.74, 6) is -0.118. The third-order valence-electron chi connectivity index (χ3n) is 3.03. The number of carbonyl (C=O) groups is 1. The van der Waals surface area contributed by atoms with Crippen LogP contribution in [0.1, 0.15) is 48.5 Å². The minimum atomic E-state index is -1.94. The van der Waals surface area contributed by atoms with Crippen LogP contribution >= 0.6 is 7.49 Å². The fraction of sp³-hybridized carbons (Fsp3) is 0.909. The summed E-state index contributed by atoms with van der Waals surface area (Å²) in [6, 6.07) is 0. The van der Waals surface area contributed by atoms with Crippen molar-refractivity contribution in [2.45, 2.75) is 65.4 Å². The summed E-state index contributed by atoms with van der Waals surface area (Å²) < 4.78 is 5.72. The van der Waals surface area contributed by atoms with Crippen molar-refractivity contribution >= 4 is 13.5 Å². The first-order chi connectivity index (χ1) is 6.25. The predicted octanol–water partition coefficient (Wildman–Crippen LogP) is 3.44. The molecule has 0 atom stereocenters. The van der Waals surface area contributed by atoms with Crippen LogP contribution in [0, 0.1) is 0 Å². The average Bonchev–Trinajstić information content (AvgIpc) is 1.97. The van der Waals surface area contributed by atoms with Crippen LogP contribution in [0.2, 0.25) is 0 Å². The summed E-state index contributed by atoms with van der Waals surface area (Å²) in [6.07, 6.45) is 0. The van der Waals surface area contributed by atoms with Crippen molar-refractivity contribution in [2.24, 2.45) is 0 Å². The molecule has 0 radical (unpaired) electrons. The van der Waals surface area contributed by atoms with Crippen LogP contribution in [-0.2, 0) is 9.32 Å². The van der Waals surface area contributed by atoms with Gasteiger partial charge in [-0.05, 0) is 0 Å². The second-order valence-electron chi connectivity index (χ2n) is 4.91. The zero-order valence-electron chi connectivity index (χ0n) is 10.5. The van der Waals surface area contributed by atoms with Gasteiger partial charge < -0.3 is 0 Å². The van der Waals surface area contributed by atoms with Crippen LogP contribution in [0.15, 0.2) is 0 Å². The Labute approximate surface area is 88.8 Å². The second-order valence-corrected chi connectivity index (χ2v) is 10.3. The zero-order valence-corrected chi connectivity index (χ0v) is 11.5. The van der Waals surface area contributed by atoms with Gasteiger partial charge in [-0.25, -0.2) is 0 Å². The van der Waals surface area contributed by atoms with E-state index in [2.05, 4.69) is 41.5 Å². The molecular formula is C11H25O2P. The Morgan fingerprint density at radius 3 is 1.29 bits per heavy atom. The van der Waals surface area contributed by atoms with E-state index in [1.54, 1.807) is 0 Å². The SMILES string of the molecule is CC(=O)O[PH](C(C)C)(C(C)C)C(C)C. The van der Waals surface area contributed by atoms with E-state index in [9.17, 15) is 4.79 Å². The number of hydrogen-bond acceptors (Lipinski definition) is 2. The number of hydrogen-bond donors (Lipinski definition) is 0. The fourth-order valence-electron chi connectivity index (χ4n) is 2.60. The van der Waals surface area contributed by atoms with Crippen LogP contribution in [0.5, 0.6) is 0 Å². The first-order valence-electron chi connectivity index (χ1n) is 5.44. The summed E-state index contributed by atoms with van der Waals surface area (Å²) in [6.45, 7) is 14.6. The normalized spacial score (nSPS) is 13.9. The molecule has 0 rings (SSSR count). The molecule has 0 aliphatic heterocycles. The van der Waals surface area contributed by atoms with E-state index in [4.69, 9.17) is 4.52 Å². The van der Waals surface area contributed by atoms with E-state index >= 15 is 0 Å². The fourth-order valence-corrected chi connectivity index (χ4v) is 7.81. The summed E-state index contributed by atoms with van der Waals surface area (Å²) in [5, 5.41) is 0. The van der Waals surface area contributed by atoms with Gasteiger partial charge in [0.1, 0.15) is 0 Å². The molecule has 0 saturated carbocycles. The van der Waals surface area contributed by atoms with E-state index in [0.29, 0.717) is 17.0 Å². The van der Waals surface area contributed by atoms with Crippen LogP contribution in [0.3, 0.4) is 0 Å². The topological polar surface area (TPSA) is 26.3 Å². The van der Waals surface area contributed by atoms with Gasteiger partial charge >= 0.3 is 88.2 Å². The number of carbonyl (C=O) groups excluding carboxylic acids is 1. The summed E-state index contributed by atoms with van der Waals surface area (Å²) in [4.78, 5) is 11.2. The van der Waals surface area contributed by atoms with Gasteiger partial charge in [-0.15, -0.1) is 0 Å². The van der Waals surface area contributed by atoms with E-state index in [0.717, 1.165) is 0 Å². The molecule has 0 aliphatic rings. The van der Waals surface area contributed by atoms with Gasteiger partial charge in [0.25, 0.3) is 0 Å². The van der Waals surface area contributed by atoms with Crippen molar-refractivity contribution in [2.75, 3.05) is 0 Å². The van der Waals surface area contributed by atoms with Gasteiger partial charge in [-0.3, -0.25) is 0 Å². The molecule has 86 valence electrons. The predicted molar refractivity (Wildman–Crippen MR) is 65.5 cm³/mol. The van der Waals surface area contributed by atoms with E-state index in [-0.39, 0.29) is 5.97 Å². The van der Waals surface area contributed by atoms with Crippen LogP contribution < -0.4 is 0 Å². The molecule has 0 aliphatic carbocycles. The Balaban J connectivity index is 5.05. The maximum absolute atomic E-state index is 11.2. The van der Waals surface area contributed by atoms with E-state index in [1.807, 2.05) is 0 Å². The molecular weight excluding hydrogens is 195 g/mol. The third kappa shape index (κ3) is 2.70. The molecule has 0 saturated heterocycles. The maximum atomic E-state index is 11.2. The van der Waals surface area contributed by atoms with Crippen molar-refractivity contribution in [3.8, 4) is 0 Å². The van der Waals surface area contributed by atoms with Gasteiger partial charge in [-0.1, -0.05) is 0 Å². The second kappa shape index (κ2) is 5.11. The monoisotopic (exact) mass is 220 g/mol. The Bertz CT molecular complexity index is 176. The molecule has 0 spiro atoms. The van der Waals surface area contributed by atoms with Gasteiger partial charge in [-0.2, -0.15) is 0 Å². The third-order valence-corrected chi connectivity index (χ3v) is 9.08. The molecule has 3 heteroatoms. The van der Waals surface area contributed by atoms with E-state index in [1.165, 1.54) is 6.92 Å². The Morgan fingerprint density at radius 2 is 1.21 bits per heavy atom. The summed E-state index contributed by atoms with van der Waals surface area (Å²) in [5.41, 5.74) is 1.43. The molecule has 0 aromatic rings. The molecule has 14 heavy (non-hydrogen) atoms. The zero-order chi connectivity index (χ0) is 11.5. The molecule has 0 aromatic carbocycles. The Morgan fingerprint density at radius 1 is 0.929 bits per heavy atom. The standard InChI is InChI=1S/C11H25O2P/c1-8(2)14(9(3)4,10(5)6)13-11(7)12/h8-10,14H,1-7H3.